The largest absolute Gasteiger partial charge is 0.426 e. The van der Waals surface area contributed by atoms with Crippen molar-refractivity contribution in [3.8, 4) is 5.75 Å². The fraction of sp³-hybridized carbons (Fsp3) is 0.389. The van der Waals surface area contributed by atoms with Crippen LogP contribution in [0.25, 0.3) is 10.8 Å². The Morgan fingerprint density at radius 3 is 2.10 bits per heavy atom. The highest BCUT2D eigenvalue weighted by molar-refractivity contribution is 5.85. The van der Waals surface area contributed by atoms with Crippen molar-refractivity contribution in [3.05, 3.63) is 42.5 Å². The first-order valence-corrected chi connectivity index (χ1v) is 6.93. The predicted octanol–water partition coefficient (Wildman–Crippen LogP) is 4.82. The summed E-state index contributed by atoms with van der Waals surface area (Å²) in [7, 11) is 0. The number of ether oxygens (including phenoxy) is 1. The minimum atomic E-state index is -0.543. The zero-order valence-electron chi connectivity index (χ0n) is 12.9. The van der Waals surface area contributed by atoms with Gasteiger partial charge >= 0.3 is 5.97 Å². The summed E-state index contributed by atoms with van der Waals surface area (Å²) in [6, 6.07) is 13.8. The molecule has 0 aliphatic heterocycles. The molecule has 2 nitrogen and oxygen atoms in total. The standard InChI is InChI=1S/C18H22O2/c1-17(2,3)18(4,5)16(19)20-15-11-10-13-8-6-7-9-14(13)12-15/h6-12H,1-5H3. The van der Waals surface area contributed by atoms with E-state index in [2.05, 4.69) is 20.8 Å². The summed E-state index contributed by atoms with van der Waals surface area (Å²) < 4.78 is 5.57. The van der Waals surface area contributed by atoms with Gasteiger partial charge in [-0.05, 0) is 42.2 Å². The van der Waals surface area contributed by atoms with E-state index in [1.807, 2.05) is 56.3 Å². The van der Waals surface area contributed by atoms with Gasteiger partial charge in [0.15, 0.2) is 0 Å². The van der Waals surface area contributed by atoms with Gasteiger partial charge < -0.3 is 4.74 Å². The number of carbonyl (C=O) groups excluding carboxylic acids is 1. The van der Waals surface area contributed by atoms with Crippen molar-refractivity contribution in [2.24, 2.45) is 10.8 Å². The zero-order chi connectivity index (χ0) is 15.0. The van der Waals surface area contributed by atoms with Crippen molar-refractivity contribution in [1.82, 2.24) is 0 Å². The maximum absolute atomic E-state index is 12.4. The molecule has 0 unspecified atom stereocenters. The van der Waals surface area contributed by atoms with Gasteiger partial charge in [-0.25, -0.2) is 0 Å². The highest BCUT2D eigenvalue weighted by Gasteiger charge is 2.41. The molecule has 2 rings (SSSR count). The van der Waals surface area contributed by atoms with Crippen molar-refractivity contribution in [3.63, 3.8) is 0 Å². The lowest BCUT2D eigenvalue weighted by molar-refractivity contribution is -0.150. The van der Waals surface area contributed by atoms with Crippen LogP contribution in [0.4, 0.5) is 0 Å². The third-order valence-corrected chi connectivity index (χ3v) is 4.32. The number of carbonyl (C=O) groups is 1. The number of rotatable bonds is 2. The van der Waals surface area contributed by atoms with Crippen LogP contribution < -0.4 is 4.74 Å². The molecule has 2 aromatic rings. The van der Waals surface area contributed by atoms with E-state index in [1.54, 1.807) is 0 Å². The number of hydrogen-bond donors (Lipinski definition) is 0. The van der Waals surface area contributed by atoms with E-state index in [0.717, 1.165) is 10.8 Å². The smallest absolute Gasteiger partial charge is 0.317 e. The van der Waals surface area contributed by atoms with Gasteiger partial charge in [0.2, 0.25) is 0 Å². The van der Waals surface area contributed by atoms with Crippen LogP contribution in [0.1, 0.15) is 34.6 Å². The Bertz CT molecular complexity index is 633. The molecular weight excluding hydrogens is 248 g/mol. The third-order valence-electron chi connectivity index (χ3n) is 4.32. The molecule has 0 saturated heterocycles. The predicted molar refractivity (Wildman–Crippen MR) is 82.8 cm³/mol. The Hall–Kier alpha value is -1.83. The van der Waals surface area contributed by atoms with Gasteiger partial charge in [-0.15, -0.1) is 0 Å². The van der Waals surface area contributed by atoms with Crippen LogP contribution in [0.3, 0.4) is 0 Å². The summed E-state index contributed by atoms with van der Waals surface area (Å²) in [5.74, 6) is 0.409. The van der Waals surface area contributed by atoms with Crippen LogP contribution in [-0.2, 0) is 4.79 Å². The molecule has 0 saturated carbocycles. The quantitative estimate of drug-likeness (QED) is 0.578. The van der Waals surface area contributed by atoms with Crippen LogP contribution in [-0.4, -0.2) is 5.97 Å². The number of fused-ring (bicyclic) bond motifs is 1. The number of hydrogen-bond acceptors (Lipinski definition) is 2. The van der Waals surface area contributed by atoms with Crippen molar-refractivity contribution in [2.75, 3.05) is 0 Å². The fourth-order valence-electron chi connectivity index (χ4n) is 1.77. The highest BCUT2D eigenvalue weighted by Crippen LogP contribution is 2.39. The van der Waals surface area contributed by atoms with E-state index in [0.29, 0.717) is 5.75 Å². The minimum absolute atomic E-state index is 0.152. The Labute approximate surface area is 120 Å². The summed E-state index contributed by atoms with van der Waals surface area (Å²) >= 11 is 0. The average molecular weight is 270 g/mol. The minimum Gasteiger partial charge on any atom is -0.426 e. The van der Waals surface area contributed by atoms with Crippen molar-refractivity contribution < 1.29 is 9.53 Å². The number of benzene rings is 2. The topological polar surface area (TPSA) is 26.3 Å². The maximum Gasteiger partial charge on any atom is 0.317 e. The molecule has 0 amide bonds. The second kappa shape index (κ2) is 4.93. The summed E-state index contributed by atoms with van der Waals surface area (Å²) in [6.45, 7) is 10.0. The summed E-state index contributed by atoms with van der Waals surface area (Å²) in [4.78, 5) is 12.4. The molecule has 0 atom stereocenters. The molecule has 0 heterocycles. The van der Waals surface area contributed by atoms with Gasteiger partial charge in [-0.2, -0.15) is 0 Å². The van der Waals surface area contributed by atoms with Crippen LogP contribution in [0, 0.1) is 10.8 Å². The Morgan fingerprint density at radius 1 is 0.900 bits per heavy atom. The van der Waals surface area contributed by atoms with E-state index in [1.165, 1.54) is 0 Å². The molecule has 0 fully saturated rings. The monoisotopic (exact) mass is 270 g/mol. The molecule has 0 bridgehead atoms. The molecular formula is C18H22O2. The Balaban J connectivity index is 2.26. The van der Waals surface area contributed by atoms with Gasteiger partial charge in [-0.1, -0.05) is 51.1 Å². The molecule has 0 N–H and O–H groups in total. The summed E-state index contributed by atoms with van der Waals surface area (Å²) in [5, 5.41) is 2.22. The average Bonchev–Trinajstić information content (AvgIpc) is 2.37. The lowest BCUT2D eigenvalue weighted by atomic mass is 9.69. The molecule has 2 aromatic carbocycles. The Morgan fingerprint density at radius 2 is 1.50 bits per heavy atom. The third kappa shape index (κ3) is 2.69. The van der Waals surface area contributed by atoms with Crippen LogP contribution >= 0.6 is 0 Å². The van der Waals surface area contributed by atoms with Crippen LogP contribution in [0.5, 0.6) is 5.75 Å². The molecule has 20 heavy (non-hydrogen) atoms. The normalized spacial score (nSPS) is 12.4. The Kier molecular flexibility index (Phi) is 3.59. The zero-order valence-corrected chi connectivity index (χ0v) is 12.9. The first-order valence-electron chi connectivity index (χ1n) is 6.93. The molecule has 0 spiro atoms. The van der Waals surface area contributed by atoms with Gasteiger partial charge in [-0.3, -0.25) is 4.79 Å². The lowest BCUT2D eigenvalue weighted by Crippen LogP contribution is -2.40. The van der Waals surface area contributed by atoms with Gasteiger partial charge in [0, 0.05) is 0 Å². The van der Waals surface area contributed by atoms with Gasteiger partial charge in [0.1, 0.15) is 5.75 Å². The molecule has 0 aliphatic carbocycles. The second-order valence-corrected chi connectivity index (χ2v) is 6.77. The summed E-state index contributed by atoms with van der Waals surface area (Å²) in [6.07, 6.45) is 0. The van der Waals surface area contributed by atoms with Gasteiger partial charge in [0.25, 0.3) is 0 Å². The second-order valence-electron chi connectivity index (χ2n) is 6.77. The van der Waals surface area contributed by atoms with E-state index in [-0.39, 0.29) is 11.4 Å². The fourth-order valence-corrected chi connectivity index (χ4v) is 1.77. The molecule has 0 aliphatic rings. The molecule has 0 radical (unpaired) electrons. The van der Waals surface area contributed by atoms with Crippen molar-refractivity contribution >= 4 is 16.7 Å². The van der Waals surface area contributed by atoms with Crippen molar-refractivity contribution in [2.45, 2.75) is 34.6 Å². The highest BCUT2D eigenvalue weighted by atomic mass is 16.5. The molecule has 2 heteroatoms. The maximum atomic E-state index is 12.4. The summed E-state index contributed by atoms with van der Waals surface area (Å²) in [5.41, 5.74) is -0.695. The number of esters is 1. The first kappa shape index (κ1) is 14.6. The van der Waals surface area contributed by atoms with Crippen molar-refractivity contribution in [1.29, 1.82) is 0 Å². The SMILES string of the molecule is CC(C)(C)C(C)(C)C(=O)Oc1ccc2ccccc2c1. The van der Waals surface area contributed by atoms with E-state index >= 15 is 0 Å². The van der Waals surface area contributed by atoms with Gasteiger partial charge in [0.05, 0.1) is 5.41 Å². The van der Waals surface area contributed by atoms with E-state index in [4.69, 9.17) is 4.74 Å². The lowest BCUT2D eigenvalue weighted by Gasteiger charge is -2.36. The van der Waals surface area contributed by atoms with Crippen LogP contribution in [0.15, 0.2) is 42.5 Å². The first-order chi connectivity index (χ1) is 9.22. The van der Waals surface area contributed by atoms with E-state index in [9.17, 15) is 4.79 Å². The van der Waals surface area contributed by atoms with E-state index < -0.39 is 5.41 Å². The molecule has 106 valence electrons. The molecule has 0 aromatic heterocycles. The van der Waals surface area contributed by atoms with Crippen LogP contribution in [0.2, 0.25) is 0 Å².